The fourth-order valence-corrected chi connectivity index (χ4v) is 3.16. The summed E-state index contributed by atoms with van der Waals surface area (Å²) in [6, 6.07) is 0. The van der Waals surface area contributed by atoms with E-state index < -0.39 is 0 Å². The van der Waals surface area contributed by atoms with Crippen LogP contribution in [0.4, 0.5) is 0 Å². The molecular formula is C14H26N2. The predicted octanol–water partition coefficient (Wildman–Crippen LogP) is 2.40. The summed E-state index contributed by atoms with van der Waals surface area (Å²) in [7, 11) is 0. The van der Waals surface area contributed by atoms with Crippen LogP contribution in [0, 0.1) is 11.8 Å². The SMILES string of the molecule is CC1=CCCN(CC2CCC(CN)CC2)C1. The van der Waals surface area contributed by atoms with Crippen molar-refractivity contribution in [2.45, 2.75) is 39.0 Å². The standard InChI is InChI=1S/C14H26N2/c1-12-3-2-8-16(10-12)11-14-6-4-13(9-15)5-7-14/h3,13-14H,2,4-11,15H2,1H3. The molecule has 1 heterocycles. The van der Waals surface area contributed by atoms with Gasteiger partial charge >= 0.3 is 0 Å². The van der Waals surface area contributed by atoms with Crippen LogP contribution in [0.25, 0.3) is 0 Å². The highest BCUT2D eigenvalue weighted by molar-refractivity contribution is 5.04. The smallest absolute Gasteiger partial charge is 0.0190 e. The van der Waals surface area contributed by atoms with Crippen LogP contribution in [0.1, 0.15) is 39.0 Å². The quantitative estimate of drug-likeness (QED) is 0.743. The highest BCUT2D eigenvalue weighted by atomic mass is 15.1. The van der Waals surface area contributed by atoms with E-state index in [1.54, 1.807) is 5.57 Å². The van der Waals surface area contributed by atoms with Gasteiger partial charge < -0.3 is 5.73 Å². The third kappa shape index (κ3) is 3.33. The summed E-state index contributed by atoms with van der Waals surface area (Å²) in [5.41, 5.74) is 7.29. The molecule has 0 aromatic heterocycles. The molecule has 2 N–H and O–H groups in total. The van der Waals surface area contributed by atoms with E-state index in [0.717, 1.165) is 18.4 Å². The van der Waals surface area contributed by atoms with E-state index in [0.29, 0.717) is 0 Å². The van der Waals surface area contributed by atoms with Gasteiger partial charge in [0.2, 0.25) is 0 Å². The van der Waals surface area contributed by atoms with Crippen LogP contribution in [0.5, 0.6) is 0 Å². The molecule has 2 heteroatoms. The van der Waals surface area contributed by atoms with Crippen molar-refractivity contribution in [1.82, 2.24) is 4.90 Å². The minimum Gasteiger partial charge on any atom is -0.330 e. The molecule has 1 saturated carbocycles. The first-order valence-electron chi connectivity index (χ1n) is 6.86. The minimum absolute atomic E-state index is 0.819. The van der Waals surface area contributed by atoms with E-state index in [9.17, 15) is 0 Å². The van der Waals surface area contributed by atoms with E-state index in [1.807, 2.05) is 0 Å². The lowest BCUT2D eigenvalue weighted by Crippen LogP contribution is -2.35. The second kappa shape index (κ2) is 5.83. The van der Waals surface area contributed by atoms with Gasteiger partial charge in [0.1, 0.15) is 0 Å². The Kier molecular flexibility index (Phi) is 4.42. The molecule has 2 aliphatic rings. The molecule has 0 saturated heterocycles. The first-order chi connectivity index (χ1) is 7.78. The van der Waals surface area contributed by atoms with Crippen LogP contribution < -0.4 is 5.73 Å². The Balaban J connectivity index is 1.72. The van der Waals surface area contributed by atoms with Crippen LogP contribution in [-0.4, -0.2) is 31.1 Å². The summed E-state index contributed by atoms with van der Waals surface area (Å²) in [5.74, 6) is 1.76. The molecule has 2 rings (SSSR count). The summed E-state index contributed by atoms with van der Waals surface area (Å²) in [5, 5.41) is 0. The molecule has 16 heavy (non-hydrogen) atoms. The lowest BCUT2D eigenvalue weighted by Gasteiger charge is -2.33. The molecule has 92 valence electrons. The summed E-state index contributed by atoms with van der Waals surface area (Å²) in [6.07, 6.45) is 9.18. The molecule has 2 nitrogen and oxygen atoms in total. The van der Waals surface area contributed by atoms with Gasteiger partial charge in [-0.3, -0.25) is 4.90 Å². The van der Waals surface area contributed by atoms with Gasteiger partial charge in [0.05, 0.1) is 0 Å². The van der Waals surface area contributed by atoms with Crippen LogP contribution in [0.15, 0.2) is 11.6 Å². The molecule has 0 unspecified atom stereocenters. The van der Waals surface area contributed by atoms with E-state index >= 15 is 0 Å². The van der Waals surface area contributed by atoms with Gasteiger partial charge in [-0.15, -0.1) is 0 Å². The Bertz CT molecular complexity index is 239. The van der Waals surface area contributed by atoms with Crippen LogP contribution >= 0.6 is 0 Å². The zero-order valence-corrected chi connectivity index (χ0v) is 10.6. The van der Waals surface area contributed by atoms with Crippen LogP contribution in [0.2, 0.25) is 0 Å². The Labute approximate surface area is 99.9 Å². The molecule has 0 aromatic rings. The molecule has 0 atom stereocenters. The average molecular weight is 222 g/mol. The Morgan fingerprint density at radius 2 is 1.94 bits per heavy atom. The van der Waals surface area contributed by atoms with Gasteiger partial charge in [-0.1, -0.05) is 11.6 Å². The van der Waals surface area contributed by atoms with E-state index in [-0.39, 0.29) is 0 Å². The van der Waals surface area contributed by atoms with Crippen molar-refractivity contribution < 1.29 is 0 Å². The summed E-state index contributed by atoms with van der Waals surface area (Å²) in [4.78, 5) is 2.64. The Hall–Kier alpha value is -0.340. The fourth-order valence-electron chi connectivity index (χ4n) is 3.16. The number of hydrogen-bond acceptors (Lipinski definition) is 2. The minimum atomic E-state index is 0.819. The van der Waals surface area contributed by atoms with Gasteiger partial charge in [0, 0.05) is 19.6 Å². The maximum Gasteiger partial charge on any atom is 0.0190 e. The first-order valence-corrected chi connectivity index (χ1v) is 6.86. The first kappa shape index (κ1) is 12.1. The number of nitrogens with two attached hydrogens (primary N) is 1. The highest BCUT2D eigenvalue weighted by Gasteiger charge is 2.22. The lowest BCUT2D eigenvalue weighted by molar-refractivity contribution is 0.188. The second-order valence-corrected chi connectivity index (χ2v) is 5.70. The van der Waals surface area contributed by atoms with Crippen LogP contribution in [0.3, 0.4) is 0 Å². The number of rotatable bonds is 3. The fraction of sp³-hybridized carbons (Fsp3) is 0.857. The summed E-state index contributed by atoms with van der Waals surface area (Å²) >= 11 is 0. The zero-order chi connectivity index (χ0) is 11.4. The third-order valence-corrected chi connectivity index (χ3v) is 4.23. The van der Waals surface area contributed by atoms with E-state index in [2.05, 4.69) is 17.9 Å². The Morgan fingerprint density at radius 3 is 2.56 bits per heavy atom. The van der Waals surface area contributed by atoms with Crippen molar-refractivity contribution >= 4 is 0 Å². The van der Waals surface area contributed by atoms with E-state index in [1.165, 1.54) is 51.7 Å². The zero-order valence-electron chi connectivity index (χ0n) is 10.6. The van der Waals surface area contributed by atoms with Gasteiger partial charge in [0.25, 0.3) is 0 Å². The highest BCUT2D eigenvalue weighted by Crippen LogP contribution is 2.29. The third-order valence-electron chi connectivity index (χ3n) is 4.23. The molecule has 0 spiro atoms. The Morgan fingerprint density at radius 1 is 1.25 bits per heavy atom. The molecular weight excluding hydrogens is 196 g/mol. The second-order valence-electron chi connectivity index (χ2n) is 5.70. The molecule has 0 radical (unpaired) electrons. The largest absolute Gasteiger partial charge is 0.330 e. The molecule has 0 amide bonds. The summed E-state index contributed by atoms with van der Waals surface area (Å²) < 4.78 is 0. The normalized spacial score (nSPS) is 32.5. The van der Waals surface area contributed by atoms with Crippen LogP contribution in [-0.2, 0) is 0 Å². The maximum absolute atomic E-state index is 5.73. The lowest BCUT2D eigenvalue weighted by atomic mass is 9.81. The van der Waals surface area contributed by atoms with Gasteiger partial charge in [0.15, 0.2) is 0 Å². The average Bonchev–Trinajstić information content (AvgIpc) is 2.30. The van der Waals surface area contributed by atoms with Gasteiger partial charge in [-0.25, -0.2) is 0 Å². The molecule has 0 aromatic carbocycles. The number of hydrogen-bond donors (Lipinski definition) is 1. The van der Waals surface area contributed by atoms with Gasteiger partial charge in [-0.2, -0.15) is 0 Å². The molecule has 1 aliphatic heterocycles. The van der Waals surface area contributed by atoms with Crippen molar-refractivity contribution in [2.24, 2.45) is 17.6 Å². The predicted molar refractivity (Wildman–Crippen MR) is 69.3 cm³/mol. The van der Waals surface area contributed by atoms with Crippen molar-refractivity contribution in [3.05, 3.63) is 11.6 Å². The van der Waals surface area contributed by atoms with Crippen molar-refractivity contribution in [2.75, 3.05) is 26.2 Å². The van der Waals surface area contributed by atoms with Crippen molar-refractivity contribution in [3.8, 4) is 0 Å². The van der Waals surface area contributed by atoms with Crippen molar-refractivity contribution in [3.63, 3.8) is 0 Å². The molecule has 1 fully saturated rings. The van der Waals surface area contributed by atoms with E-state index in [4.69, 9.17) is 5.73 Å². The number of nitrogens with zero attached hydrogens (tertiary/aromatic N) is 1. The van der Waals surface area contributed by atoms with Crippen molar-refractivity contribution in [1.29, 1.82) is 0 Å². The van der Waals surface area contributed by atoms with Gasteiger partial charge in [-0.05, 0) is 57.4 Å². The molecule has 1 aliphatic carbocycles. The molecule has 0 bridgehead atoms. The maximum atomic E-state index is 5.73. The monoisotopic (exact) mass is 222 g/mol. The summed E-state index contributed by atoms with van der Waals surface area (Å²) in [6.45, 7) is 6.96. The topological polar surface area (TPSA) is 29.3 Å².